The fourth-order valence-corrected chi connectivity index (χ4v) is 5.36. The van der Waals surface area contributed by atoms with Crippen LogP contribution in [0.4, 0.5) is 8.78 Å². The van der Waals surface area contributed by atoms with Gasteiger partial charge in [0.15, 0.2) is 0 Å². The molecule has 0 N–H and O–H groups in total. The lowest BCUT2D eigenvalue weighted by atomic mass is 10.1. The maximum absolute atomic E-state index is 12.7. The van der Waals surface area contributed by atoms with Crippen molar-refractivity contribution in [1.29, 1.82) is 0 Å². The van der Waals surface area contributed by atoms with Gasteiger partial charge in [-0.15, -0.1) is 22.7 Å². The first-order valence-corrected chi connectivity index (χ1v) is 11.3. The van der Waals surface area contributed by atoms with E-state index in [1.165, 1.54) is 12.1 Å². The van der Waals surface area contributed by atoms with Gasteiger partial charge in [-0.1, -0.05) is 35.9 Å². The smallest absolute Gasteiger partial charge is 0.387 e. The number of benzene rings is 3. The summed E-state index contributed by atoms with van der Waals surface area (Å²) in [4.78, 5) is 9.56. The molecule has 5 aromatic rings. The molecule has 0 saturated carbocycles. The Morgan fingerprint density at radius 2 is 1.45 bits per heavy atom. The van der Waals surface area contributed by atoms with Gasteiger partial charge >= 0.3 is 6.61 Å². The van der Waals surface area contributed by atoms with Crippen molar-refractivity contribution >= 4 is 66.4 Å². The Morgan fingerprint density at radius 3 is 2.00 bits per heavy atom. The second-order valence-electron chi connectivity index (χ2n) is 6.59. The fourth-order valence-electron chi connectivity index (χ4n) is 3.15. The van der Waals surface area contributed by atoms with Crippen molar-refractivity contribution in [2.24, 2.45) is 0 Å². The summed E-state index contributed by atoms with van der Waals surface area (Å²) in [6.45, 7) is -2.91. The summed E-state index contributed by atoms with van der Waals surface area (Å²) >= 11 is 9.47. The van der Waals surface area contributed by atoms with Crippen LogP contribution in [0.15, 0.2) is 66.7 Å². The Kier molecular flexibility index (Phi) is 5.40. The van der Waals surface area contributed by atoms with Gasteiger partial charge in [0.1, 0.15) is 15.8 Å². The summed E-state index contributed by atoms with van der Waals surface area (Å²) in [5.41, 5.74) is 3.10. The minimum atomic E-state index is -2.91. The standard InChI is InChI=1S/C23H13ClF2N2OS2/c24-16-10-9-14(29-23(25)26)11-13(16)12-15(21-27-17-5-1-3-7-19(17)30-21)22-28-18-6-2-4-8-20(18)31-22/h1-12,23H. The van der Waals surface area contributed by atoms with Crippen LogP contribution in [0.1, 0.15) is 15.6 Å². The van der Waals surface area contributed by atoms with Crippen LogP contribution in [0.3, 0.4) is 0 Å². The minimum absolute atomic E-state index is 0.0404. The number of alkyl halides is 2. The lowest BCUT2D eigenvalue weighted by Crippen LogP contribution is -2.01. The van der Waals surface area contributed by atoms with Gasteiger partial charge < -0.3 is 4.74 Å². The number of fused-ring (bicyclic) bond motifs is 2. The maximum Gasteiger partial charge on any atom is 0.387 e. The monoisotopic (exact) mass is 470 g/mol. The first kappa shape index (κ1) is 20.1. The summed E-state index contributed by atoms with van der Waals surface area (Å²) < 4.78 is 32.0. The van der Waals surface area contributed by atoms with Gasteiger partial charge in [0.05, 0.1) is 20.4 Å². The lowest BCUT2D eigenvalue weighted by molar-refractivity contribution is -0.0498. The predicted octanol–water partition coefficient (Wildman–Crippen LogP) is 7.75. The highest BCUT2D eigenvalue weighted by atomic mass is 35.5. The fraction of sp³-hybridized carbons (Fsp3) is 0.0435. The van der Waals surface area contributed by atoms with Crippen LogP contribution in [0.25, 0.3) is 32.1 Å². The van der Waals surface area contributed by atoms with E-state index in [4.69, 9.17) is 21.6 Å². The topological polar surface area (TPSA) is 35.0 Å². The average molecular weight is 471 g/mol. The molecule has 3 aromatic carbocycles. The molecular formula is C23H13ClF2N2OS2. The van der Waals surface area contributed by atoms with Gasteiger partial charge in [0.25, 0.3) is 0 Å². The highest BCUT2D eigenvalue weighted by molar-refractivity contribution is 7.22. The Morgan fingerprint density at radius 1 is 0.871 bits per heavy atom. The normalized spacial score (nSPS) is 11.4. The number of ether oxygens (including phenoxy) is 1. The van der Waals surface area contributed by atoms with Crippen molar-refractivity contribution in [3.05, 3.63) is 87.3 Å². The van der Waals surface area contributed by atoms with E-state index in [1.807, 2.05) is 54.6 Å². The summed E-state index contributed by atoms with van der Waals surface area (Å²) in [6.07, 6.45) is 1.83. The van der Waals surface area contributed by atoms with Crippen LogP contribution in [-0.4, -0.2) is 16.6 Å². The van der Waals surface area contributed by atoms with E-state index in [0.717, 1.165) is 36.0 Å². The van der Waals surface area contributed by atoms with Crippen LogP contribution in [-0.2, 0) is 0 Å². The molecule has 0 radical (unpaired) electrons. The molecule has 0 unspecified atom stereocenters. The first-order valence-electron chi connectivity index (χ1n) is 9.25. The molecule has 0 aliphatic carbocycles. The van der Waals surface area contributed by atoms with Crippen molar-refractivity contribution in [3.8, 4) is 5.75 Å². The van der Waals surface area contributed by atoms with Gasteiger partial charge in [-0.2, -0.15) is 8.78 Å². The molecule has 2 aromatic heterocycles. The Labute approximate surface area is 189 Å². The molecule has 0 aliphatic rings. The number of thiazole rings is 2. The molecule has 5 rings (SSSR count). The van der Waals surface area contributed by atoms with E-state index in [0.29, 0.717) is 10.6 Å². The zero-order chi connectivity index (χ0) is 21.4. The lowest BCUT2D eigenvalue weighted by Gasteiger charge is -2.07. The van der Waals surface area contributed by atoms with Crippen LogP contribution in [0.5, 0.6) is 5.75 Å². The van der Waals surface area contributed by atoms with Gasteiger partial charge in [0, 0.05) is 10.6 Å². The average Bonchev–Trinajstić information content (AvgIpc) is 3.37. The number of halogens is 3. The number of hydrogen-bond acceptors (Lipinski definition) is 5. The van der Waals surface area contributed by atoms with Crippen molar-refractivity contribution in [1.82, 2.24) is 9.97 Å². The van der Waals surface area contributed by atoms with E-state index >= 15 is 0 Å². The number of aromatic nitrogens is 2. The third-order valence-electron chi connectivity index (χ3n) is 4.54. The number of hydrogen-bond donors (Lipinski definition) is 0. The molecule has 31 heavy (non-hydrogen) atoms. The highest BCUT2D eigenvalue weighted by Gasteiger charge is 2.17. The van der Waals surface area contributed by atoms with Crippen molar-refractivity contribution in [2.75, 3.05) is 0 Å². The molecule has 3 nitrogen and oxygen atoms in total. The molecule has 0 bridgehead atoms. The van der Waals surface area contributed by atoms with E-state index in [1.54, 1.807) is 28.7 Å². The molecular weight excluding hydrogens is 458 g/mol. The molecule has 8 heteroatoms. The van der Waals surface area contributed by atoms with E-state index in [9.17, 15) is 8.78 Å². The molecule has 0 spiro atoms. The second kappa shape index (κ2) is 8.34. The zero-order valence-corrected chi connectivity index (χ0v) is 18.1. The summed E-state index contributed by atoms with van der Waals surface area (Å²) in [6, 6.07) is 20.2. The van der Waals surface area contributed by atoms with Crippen molar-refractivity contribution in [3.63, 3.8) is 0 Å². The van der Waals surface area contributed by atoms with E-state index < -0.39 is 6.61 Å². The van der Waals surface area contributed by atoms with Gasteiger partial charge in [-0.3, -0.25) is 0 Å². The van der Waals surface area contributed by atoms with E-state index in [2.05, 4.69) is 4.74 Å². The minimum Gasteiger partial charge on any atom is -0.435 e. The highest BCUT2D eigenvalue weighted by Crippen LogP contribution is 2.37. The third-order valence-corrected chi connectivity index (χ3v) is 7.02. The summed E-state index contributed by atoms with van der Waals surface area (Å²) in [5.74, 6) is 0.0404. The quantitative estimate of drug-likeness (QED) is 0.263. The van der Waals surface area contributed by atoms with Gasteiger partial charge in [0.2, 0.25) is 0 Å². The van der Waals surface area contributed by atoms with Crippen LogP contribution < -0.4 is 4.74 Å². The predicted molar refractivity (Wildman–Crippen MR) is 124 cm³/mol. The van der Waals surface area contributed by atoms with Crippen molar-refractivity contribution < 1.29 is 13.5 Å². The Bertz CT molecular complexity index is 1290. The van der Waals surface area contributed by atoms with E-state index in [-0.39, 0.29) is 5.75 Å². The molecule has 154 valence electrons. The third kappa shape index (κ3) is 4.17. The second-order valence-corrected chi connectivity index (χ2v) is 9.06. The van der Waals surface area contributed by atoms with Gasteiger partial charge in [-0.25, -0.2) is 9.97 Å². The van der Waals surface area contributed by atoms with Crippen LogP contribution in [0, 0.1) is 0 Å². The Balaban J connectivity index is 1.70. The number of para-hydroxylation sites is 2. The molecule has 0 aliphatic heterocycles. The molecule has 0 fully saturated rings. The summed E-state index contributed by atoms with van der Waals surface area (Å²) in [5, 5.41) is 1.97. The number of rotatable bonds is 5. The number of nitrogens with zero attached hydrogens (tertiary/aromatic N) is 2. The molecule has 0 amide bonds. The Hall–Kier alpha value is -2.87. The molecule has 0 atom stereocenters. The molecule has 2 heterocycles. The van der Waals surface area contributed by atoms with Crippen LogP contribution in [0.2, 0.25) is 5.02 Å². The van der Waals surface area contributed by atoms with Crippen LogP contribution >= 0.6 is 34.3 Å². The molecule has 0 saturated heterocycles. The zero-order valence-electron chi connectivity index (χ0n) is 15.8. The largest absolute Gasteiger partial charge is 0.435 e. The first-order chi connectivity index (χ1) is 15.1. The SMILES string of the molecule is FC(F)Oc1ccc(Cl)c(C=C(c2nc3ccccc3s2)c2nc3ccccc3s2)c1. The maximum atomic E-state index is 12.7. The van der Waals surface area contributed by atoms with Crippen molar-refractivity contribution in [2.45, 2.75) is 6.61 Å². The van der Waals surface area contributed by atoms with Gasteiger partial charge in [-0.05, 0) is 54.1 Å². The summed E-state index contributed by atoms with van der Waals surface area (Å²) in [7, 11) is 0.